The summed E-state index contributed by atoms with van der Waals surface area (Å²) in [4.78, 5) is 6.71. The fraction of sp³-hybridized carbons (Fsp3) is 0.700. The number of nitrogens with one attached hydrogen (secondary N) is 1. The number of imidazole rings is 1. The molecule has 0 amide bonds. The van der Waals surface area contributed by atoms with Crippen LogP contribution < -0.4 is 10.2 Å². The van der Waals surface area contributed by atoms with E-state index in [-0.39, 0.29) is 0 Å². The first-order chi connectivity index (χ1) is 6.66. The predicted octanol–water partition coefficient (Wildman–Crippen LogP) is 0.607. The van der Waals surface area contributed by atoms with Crippen LogP contribution in [0, 0.1) is 0 Å². The third-order valence-electron chi connectivity index (χ3n) is 2.64. The maximum atomic E-state index is 4.37. The summed E-state index contributed by atoms with van der Waals surface area (Å²) in [6.07, 6.45) is 3.85. The van der Waals surface area contributed by atoms with E-state index in [0.717, 1.165) is 19.0 Å². The van der Waals surface area contributed by atoms with Gasteiger partial charge in [-0.2, -0.15) is 0 Å². The van der Waals surface area contributed by atoms with Crippen molar-refractivity contribution in [1.29, 1.82) is 0 Å². The molecule has 0 aromatic carbocycles. The molecule has 0 saturated carbocycles. The molecule has 78 valence electrons. The predicted molar refractivity (Wildman–Crippen MR) is 57.5 cm³/mol. The van der Waals surface area contributed by atoms with Gasteiger partial charge in [0.05, 0.1) is 0 Å². The van der Waals surface area contributed by atoms with Crippen molar-refractivity contribution in [3.8, 4) is 0 Å². The van der Waals surface area contributed by atoms with Gasteiger partial charge in [-0.3, -0.25) is 0 Å². The summed E-state index contributed by atoms with van der Waals surface area (Å²) < 4.78 is 2.07. The second kappa shape index (κ2) is 3.61. The number of nitrogens with zero attached hydrogens (tertiary/aromatic N) is 3. The molecule has 2 atom stereocenters. The first-order valence-electron chi connectivity index (χ1n) is 5.15. The summed E-state index contributed by atoms with van der Waals surface area (Å²) in [6, 6.07) is 1.07. The molecule has 0 aliphatic carbocycles. The van der Waals surface area contributed by atoms with Crippen molar-refractivity contribution >= 4 is 5.95 Å². The standard InChI is InChI=1S/C10H18N4/c1-8-6-14(7-9(2)12-8)10-11-4-5-13(10)3/h4-5,8-9,12H,6-7H2,1-3H3. The van der Waals surface area contributed by atoms with Gasteiger partial charge in [-0.15, -0.1) is 0 Å². The number of piperazine rings is 1. The van der Waals surface area contributed by atoms with Crippen molar-refractivity contribution in [2.24, 2.45) is 7.05 Å². The highest BCUT2D eigenvalue weighted by Gasteiger charge is 2.22. The average molecular weight is 194 g/mol. The molecule has 2 heterocycles. The van der Waals surface area contributed by atoms with Crippen LogP contribution in [0.15, 0.2) is 12.4 Å². The zero-order valence-corrected chi connectivity index (χ0v) is 9.07. The minimum Gasteiger partial charge on any atom is -0.339 e. The maximum Gasteiger partial charge on any atom is 0.205 e. The highest BCUT2D eigenvalue weighted by Crippen LogP contribution is 2.14. The molecule has 1 N–H and O–H groups in total. The van der Waals surface area contributed by atoms with E-state index in [0.29, 0.717) is 12.1 Å². The van der Waals surface area contributed by atoms with Crippen LogP contribution in [0.3, 0.4) is 0 Å². The van der Waals surface area contributed by atoms with E-state index >= 15 is 0 Å². The zero-order valence-electron chi connectivity index (χ0n) is 9.07. The van der Waals surface area contributed by atoms with E-state index in [1.165, 1.54) is 0 Å². The van der Waals surface area contributed by atoms with E-state index in [4.69, 9.17) is 0 Å². The van der Waals surface area contributed by atoms with Crippen LogP contribution in [0.1, 0.15) is 13.8 Å². The minimum absolute atomic E-state index is 0.537. The fourth-order valence-corrected chi connectivity index (χ4v) is 2.15. The third kappa shape index (κ3) is 1.75. The largest absolute Gasteiger partial charge is 0.339 e. The van der Waals surface area contributed by atoms with E-state index in [1.54, 1.807) is 0 Å². The van der Waals surface area contributed by atoms with Gasteiger partial charge in [0.2, 0.25) is 5.95 Å². The molecule has 1 aromatic heterocycles. The number of anilines is 1. The normalized spacial score (nSPS) is 28.1. The molecule has 0 radical (unpaired) electrons. The Balaban J connectivity index is 2.15. The van der Waals surface area contributed by atoms with Gasteiger partial charge in [-0.1, -0.05) is 0 Å². The van der Waals surface area contributed by atoms with E-state index in [9.17, 15) is 0 Å². The number of rotatable bonds is 1. The highest BCUT2D eigenvalue weighted by atomic mass is 15.3. The van der Waals surface area contributed by atoms with E-state index < -0.39 is 0 Å². The van der Waals surface area contributed by atoms with Crippen molar-refractivity contribution in [2.75, 3.05) is 18.0 Å². The molecule has 2 rings (SSSR count). The second-order valence-corrected chi connectivity index (χ2v) is 4.21. The van der Waals surface area contributed by atoms with Crippen LogP contribution in [-0.2, 0) is 7.05 Å². The highest BCUT2D eigenvalue weighted by molar-refractivity contribution is 5.32. The van der Waals surface area contributed by atoms with Crippen molar-refractivity contribution < 1.29 is 0 Å². The molecular formula is C10H18N4. The molecule has 2 unspecified atom stereocenters. The number of hydrogen-bond donors (Lipinski definition) is 1. The van der Waals surface area contributed by atoms with Crippen LogP contribution in [0.2, 0.25) is 0 Å². The molecule has 1 saturated heterocycles. The Morgan fingerprint density at radius 3 is 2.50 bits per heavy atom. The van der Waals surface area contributed by atoms with Crippen LogP contribution >= 0.6 is 0 Å². The molecule has 14 heavy (non-hydrogen) atoms. The van der Waals surface area contributed by atoms with Crippen LogP contribution in [0.5, 0.6) is 0 Å². The van der Waals surface area contributed by atoms with Gasteiger partial charge >= 0.3 is 0 Å². The van der Waals surface area contributed by atoms with E-state index in [1.807, 2.05) is 19.4 Å². The van der Waals surface area contributed by atoms with Crippen LogP contribution in [0.4, 0.5) is 5.95 Å². The first-order valence-corrected chi connectivity index (χ1v) is 5.15. The van der Waals surface area contributed by atoms with Gasteiger partial charge in [-0.25, -0.2) is 4.98 Å². The lowest BCUT2D eigenvalue weighted by atomic mass is 10.1. The summed E-state index contributed by atoms with van der Waals surface area (Å²) in [7, 11) is 2.04. The Hall–Kier alpha value is -1.03. The number of hydrogen-bond acceptors (Lipinski definition) is 3. The molecule has 4 heteroatoms. The molecule has 0 bridgehead atoms. The Morgan fingerprint density at radius 1 is 1.36 bits per heavy atom. The van der Waals surface area contributed by atoms with Crippen LogP contribution in [-0.4, -0.2) is 34.7 Å². The monoisotopic (exact) mass is 194 g/mol. The Labute approximate surface area is 84.9 Å². The summed E-state index contributed by atoms with van der Waals surface area (Å²) in [5.74, 6) is 1.07. The van der Waals surface area contributed by atoms with Gasteiger partial charge in [0.25, 0.3) is 0 Å². The molecule has 1 aliphatic rings. The molecule has 1 aromatic rings. The van der Waals surface area contributed by atoms with Crippen molar-refractivity contribution in [3.05, 3.63) is 12.4 Å². The lowest BCUT2D eigenvalue weighted by Gasteiger charge is -2.36. The fourth-order valence-electron chi connectivity index (χ4n) is 2.15. The summed E-state index contributed by atoms with van der Waals surface area (Å²) in [5.41, 5.74) is 0. The topological polar surface area (TPSA) is 33.1 Å². The third-order valence-corrected chi connectivity index (χ3v) is 2.64. The maximum absolute atomic E-state index is 4.37. The Bertz CT molecular complexity index is 297. The molecule has 1 fully saturated rings. The summed E-state index contributed by atoms with van der Waals surface area (Å²) >= 11 is 0. The van der Waals surface area contributed by atoms with Gasteiger partial charge < -0.3 is 14.8 Å². The summed E-state index contributed by atoms with van der Waals surface area (Å²) in [5, 5.41) is 3.51. The van der Waals surface area contributed by atoms with Crippen molar-refractivity contribution in [3.63, 3.8) is 0 Å². The number of aryl methyl sites for hydroxylation is 1. The smallest absolute Gasteiger partial charge is 0.205 e. The molecule has 4 nitrogen and oxygen atoms in total. The zero-order chi connectivity index (χ0) is 10.1. The van der Waals surface area contributed by atoms with Crippen molar-refractivity contribution in [1.82, 2.24) is 14.9 Å². The van der Waals surface area contributed by atoms with Gasteiger partial charge in [0, 0.05) is 44.6 Å². The quantitative estimate of drug-likeness (QED) is 0.711. The average Bonchev–Trinajstić information content (AvgIpc) is 2.49. The Morgan fingerprint density at radius 2 is 2.00 bits per heavy atom. The van der Waals surface area contributed by atoms with E-state index in [2.05, 4.69) is 33.6 Å². The van der Waals surface area contributed by atoms with Gasteiger partial charge in [0.15, 0.2) is 0 Å². The van der Waals surface area contributed by atoms with Gasteiger partial charge in [-0.05, 0) is 13.8 Å². The molecule has 1 aliphatic heterocycles. The Kier molecular flexibility index (Phi) is 2.46. The van der Waals surface area contributed by atoms with Gasteiger partial charge in [0.1, 0.15) is 0 Å². The minimum atomic E-state index is 0.537. The lowest BCUT2D eigenvalue weighted by Crippen LogP contribution is -2.54. The van der Waals surface area contributed by atoms with Crippen molar-refractivity contribution in [2.45, 2.75) is 25.9 Å². The SMILES string of the molecule is CC1CN(c2nccn2C)CC(C)N1. The van der Waals surface area contributed by atoms with Crippen LogP contribution in [0.25, 0.3) is 0 Å². The molecular weight excluding hydrogens is 176 g/mol. The second-order valence-electron chi connectivity index (χ2n) is 4.21. The lowest BCUT2D eigenvalue weighted by molar-refractivity contribution is 0.401. The first kappa shape index (κ1) is 9.52. The molecule has 0 spiro atoms. The number of aromatic nitrogens is 2. The summed E-state index contributed by atoms with van der Waals surface area (Å²) in [6.45, 7) is 6.50.